The van der Waals surface area contributed by atoms with Gasteiger partial charge in [0.15, 0.2) is 0 Å². The normalized spacial score (nSPS) is 18.1. The molecule has 1 atom stereocenters. The predicted molar refractivity (Wildman–Crippen MR) is 83.4 cm³/mol. The van der Waals surface area contributed by atoms with Crippen LogP contribution in [0.4, 0.5) is 0 Å². The van der Waals surface area contributed by atoms with Crippen LogP contribution in [0.2, 0.25) is 0 Å². The molecule has 0 spiro atoms. The summed E-state index contributed by atoms with van der Waals surface area (Å²) >= 11 is 0. The number of nitrogens with one attached hydrogen (secondary N) is 1. The van der Waals surface area contributed by atoms with Gasteiger partial charge >= 0.3 is 0 Å². The van der Waals surface area contributed by atoms with Crippen molar-refractivity contribution < 1.29 is 4.79 Å². The van der Waals surface area contributed by atoms with Crippen molar-refractivity contribution in [1.29, 1.82) is 0 Å². The first kappa shape index (κ1) is 14.7. The van der Waals surface area contributed by atoms with Crippen LogP contribution in [0.1, 0.15) is 35.1 Å². The summed E-state index contributed by atoms with van der Waals surface area (Å²) in [5.41, 5.74) is 1.36. The van der Waals surface area contributed by atoms with Gasteiger partial charge in [0.2, 0.25) is 0 Å². The van der Waals surface area contributed by atoms with E-state index in [1.807, 2.05) is 29.1 Å². The van der Waals surface area contributed by atoms with Crippen LogP contribution in [0.5, 0.6) is 0 Å². The Labute approximate surface area is 130 Å². The Hall–Kier alpha value is -2.21. The quantitative estimate of drug-likeness (QED) is 0.929. The van der Waals surface area contributed by atoms with E-state index in [-0.39, 0.29) is 5.91 Å². The predicted octanol–water partition coefficient (Wildman–Crippen LogP) is 1.47. The number of carbonyl (C=O) groups is 1. The number of amides is 1. The Morgan fingerprint density at radius 1 is 1.45 bits per heavy atom. The fourth-order valence-electron chi connectivity index (χ4n) is 2.72. The van der Waals surface area contributed by atoms with E-state index in [0.717, 1.165) is 31.6 Å². The van der Waals surface area contributed by atoms with Crippen molar-refractivity contribution in [2.75, 3.05) is 20.1 Å². The molecule has 116 valence electrons. The van der Waals surface area contributed by atoms with Crippen LogP contribution in [0.25, 0.3) is 0 Å². The highest BCUT2D eigenvalue weighted by Crippen LogP contribution is 2.16. The molecule has 1 saturated heterocycles. The van der Waals surface area contributed by atoms with Crippen molar-refractivity contribution in [2.45, 2.75) is 25.4 Å². The molecule has 0 radical (unpaired) electrons. The van der Waals surface area contributed by atoms with Crippen molar-refractivity contribution >= 4 is 5.91 Å². The molecular weight excluding hydrogens is 278 g/mol. The Morgan fingerprint density at radius 2 is 2.36 bits per heavy atom. The lowest BCUT2D eigenvalue weighted by molar-refractivity contribution is 0.0776. The highest BCUT2D eigenvalue weighted by molar-refractivity contribution is 5.91. The zero-order valence-electron chi connectivity index (χ0n) is 12.8. The van der Waals surface area contributed by atoms with Crippen LogP contribution in [0.15, 0.2) is 36.7 Å². The number of piperidine rings is 1. The lowest BCUT2D eigenvalue weighted by Gasteiger charge is -2.23. The van der Waals surface area contributed by atoms with E-state index >= 15 is 0 Å². The maximum atomic E-state index is 12.5. The SMILES string of the molecule is CN(Cc1ccccn1)C(=O)c1ccn(C2CCCNC2)n1. The maximum absolute atomic E-state index is 12.5. The van der Waals surface area contributed by atoms with Gasteiger partial charge in [-0.1, -0.05) is 6.07 Å². The number of rotatable bonds is 4. The minimum absolute atomic E-state index is 0.0758. The van der Waals surface area contributed by atoms with Crippen LogP contribution < -0.4 is 5.32 Å². The summed E-state index contributed by atoms with van der Waals surface area (Å²) in [5, 5.41) is 7.82. The molecular formula is C16H21N5O. The van der Waals surface area contributed by atoms with Crippen molar-refractivity contribution in [3.05, 3.63) is 48.0 Å². The van der Waals surface area contributed by atoms with Crippen LogP contribution >= 0.6 is 0 Å². The molecule has 1 amide bonds. The van der Waals surface area contributed by atoms with Crippen molar-refractivity contribution in [3.8, 4) is 0 Å². The molecule has 0 aromatic carbocycles. The second-order valence-electron chi connectivity index (χ2n) is 5.66. The summed E-state index contributed by atoms with van der Waals surface area (Å²) in [5.74, 6) is -0.0758. The van der Waals surface area contributed by atoms with Gasteiger partial charge in [0, 0.05) is 26.0 Å². The lowest BCUT2D eigenvalue weighted by atomic mass is 10.1. The van der Waals surface area contributed by atoms with Gasteiger partial charge < -0.3 is 10.2 Å². The summed E-state index contributed by atoms with van der Waals surface area (Å²) in [6.07, 6.45) is 5.89. The van der Waals surface area contributed by atoms with Crippen LogP contribution in [0, 0.1) is 0 Å². The van der Waals surface area contributed by atoms with Gasteiger partial charge in [-0.05, 0) is 37.6 Å². The molecule has 1 N–H and O–H groups in total. The third-order valence-corrected chi connectivity index (χ3v) is 3.94. The smallest absolute Gasteiger partial charge is 0.274 e. The minimum atomic E-state index is -0.0758. The van der Waals surface area contributed by atoms with Crippen LogP contribution in [0.3, 0.4) is 0 Å². The number of aromatic nitrogens is 3. The number of pyridine rings is 1. The summed E-state index contributed by atoms with van der Waals surface area (Å²) in [6.45, 7) is 2.47. The molecule has 22 heavy (non-hydrogen) atoms. The number of carbonyl (C=O) groups excluding carboxylic acids is 1. The van der Waals surface area contributed by atoms with E-state index in [1.54, 1.807) is 24.2 Å². The summed E-state index contributed by atoms with van der Waals surface area (Å²) in [4.78, 5) is 18.3. The minimum Gasteiger partial charge on any atom is -0.334 e. The maximum Gasteiger partial charge on any atom is 0.274 e. The molecule has 0 aliphatic carbocycles. The fourth-order valence-corrected chi connectivity index (χ4v) is 2.72. The zero-order valence-corrected chi connectivity index (χ0v) is 12.8. The van der Waals surface area contributed by atoms with E-state index in [4.69, 9.17) is 0 Å². The summed E-state index contributed by atoms with van der Waals surface area (Å²) in [7, 11) is 1.78. The standard InChI is InChI=1S/C16H21N5O/c1-20(12-13-5-2-3-9-18-13)16(22)15-7-10-21(19-15)14-6-4-8-17-11-14/h2-3,5,7,9-10,14,17H,4,6,8,11-12H2,1H3. The van der Waals surface area contributed by atoms with Gasteiger partial charge in [-0.2, -0.15) is 5.10 Å². The Kier molecular flexibility index (Phi) is 4.48. The van der Waals surface area contributed by atoms with E-state index in [1.165, 1.54) is 0 Å². The summed E-state index contributed by atoms with van der Waals surface area (Å²) < 4.78 is 1.91. The Bertz CT molecular complexity index is 618. The third kappa shape index (κ3) is 3.33. The molecule has 3 heterocycles. The van der Waals surface area contributed by atoms with Crippen LogP contribution in [-0.2, 0) is 6.54 Å². The molecule has 2 aromatic heterocycles. The Balaban J connectivity index is 1.65. The van der Waals surface area contributed by atoms with Gasteiger partial charge in [0.05, 0.1) is 18.3 Å². The molecule has 0 saturated carbocycles. The second kappa shape index (κ2) is 6.70. The molecule has 1 fully saturated rings. The van der Waals surface area contributed by atoms with Gasteiger partial charge in [-0.25, -0.2) is 0 Å². The topological polar surface area (TPSA) is 63.1 Å². The van der Waals surface area contributed by atoms with Crippen molar-refractivity contribution in [1.82, 2.24) is 25.0 Å². The number of hydrogen-bond donors (Lipinski definition) is 1. The number of hydrogen-bond acceptors (Lipinski definition) is 4. The largest absolute Gasteiger partial charge is 0.334 e. The molecule has 0 bridgehead atoms. The first-order valence-corrected chi connectivity index (χ1v) is 7.65. The van der Waals surface area contributed by atoms with E-state index in [9.17, 15) is 4.79 Å². The van der Waals surface area contributed by atoms with E-state index < -0.39 is 0 Å². The molecule has 2 aromatic rings. The Morgan fingerprint density at radius 3 is 3.09 bits per heavy atom. The van der Waals surface area contributed by atoms with Crippen molar-refractivity contribution in [2.24, 2.45) is 0 Å². The van der Waals surface area contributed by atoms with Crippen molar-refractivity contribution in [3.63, 3.8) is 0 Å². The lowest BCUT2D eigenvalue weighted by Crippen LogP contribution is -2.32. The van der Waals surface area contributed by atoms with Gasteiger partial charge in [-0.15, -0.1) is 0 Å². The average Bonchev–Trinajstić information content (AvgIpc) is 3.06. The van der Waals surface area contributed by atoms with Gasteiger partial charge in [0.1, 0.15) is 5.69 Å². The zero-order chi connectivity index (χ0) is 15.4. The van der Waals surface area contributed by atoms with Crippen LogP contribution in [-0.4, -0.2) is 45.7 Å². The average molecular weight is 299 g/mol. The molecule has 3 rings (SSSR count). The molecule has 1 aliphatic heterocycles. The molecule has 6 heteroatoms. The first-order chi connectivity index (χ1) is 10.7. The second-order valence-corrected chi connectivity index (χ2v) is 5.66. The highest BCUT2D eigenvalue weighted by Gasteiger charge is 2.19. The fraction of sp³-hybridized carbons (Fsp3) is 0.438. The molecule has 1 aliphatic rings. The first-order valence-electron chi connectivity index (χ1n) is 7.65. The monoisotopic (exact) mass is 299 g/mol. The molecule has 1 unspecified atom stereocenters. The molecule has 6 nitrogen and oxygen atoms in total. The van der Waals surface area contributed by atoms with E-state index in [2.05, 4.69) is 15.4 Å². The number of nitrogens with zero attached hydrogens (tertiary/aromatic N) is 4. The van der Waals surface area contributed by atoms with Gasteiger partial charge in [0.25, 0.3) is 5.91 Å². The van der Waals surface area contributed by atoms with E-state index in [0.29, 0.717) is 18.3 Å². The summed E-state index contributed by atoms with van der Waals surface area (Å²) in [6, 6.07) is 7.84. The van der Waals surface area contributed by atoms with Gasteiger partial charge in [-0.3, -0.25) is 14.5 Å². The third-order valence-electron chi connectivity index (χ3n) is 3.94. The highest BCUT2D eigenvalue weighted by atomic mass is 16.2.